The van der Waals surface area contributed by atoms with Gasteiger partial charge in [0.25, 0.3) is 11.5 Å². The highest BCUT2D eigenvalue weighted by atomic mass is 16.2. The summed E-state index contributed by atoms with van der Waals surface area (Å²) in [5.41, 5.74) is -0.351. The summed E-state index contributed by atoms with van der Waals surface area (Å²) in [4.78, 5) is 48.1. The van der Waals surface area contributed by atoms with Gasteiger partial charge in [0.05, 0.1) is 10.9 Å². The van der Waals surface area contributed by atoms with Gasteiger partial charge in [-0.3, -0.25) is 19.1 Å². The van der Waals surface area contributed by atoms with Crippen molar-refractivity contribution in [1.29, 1.82) is 0 Å². The van der Waals surface area contributed by atoms with E-state index in [9.17, 15) is 14.4 Å². The topological polar surface area (TPSA) is 103 Å². The Morgan fingerprint density at radius 3 is 2.67 bits per heavy atom. The average Bonchev–Trinajstić information content (AvgIpc) is 2.74. The van der Waals surface area contributed by atoms with Crippen LogP contribution in [0.15, 0.2) is 21.9 Å². The molecule has 9 heteroatoms. The predicted octanol–water partition coefficient (Wildman–Crippen LogP) is 0.498. The number of pyridine rings is 1. The quantitative estimate of drug-likeness (QED) is 0.650. The van der Waals surface area contributed by atoms with Crippen molar-refractivity contribution in [2.24, 2.45) is 5.92 Å². The van der Waals surface area contributed by atoms with Crippen LogP contribution in [0.1, 0.15) is 36.5 Å². The van der Waals surface area contributed by atoms with Crippen molar-refractivity contribution in [3.63, 3.8) is 0 Å². The molecule has 164 valence electrons. The molecule has 0 bridgehead atoms. The monoisotopic (exact) mass is 416 g/mol. The van der Waals surface area contributed by atoms with E-state index in [1.165, 1.54) is 16.8 Å². The zero-order valence-electron chi connectivity index (χ0n) is 18.1. The van der Waals surface area contributed by atoms with Crippen LogP contribution in [-0.2, 0) is 6.54 Å². The summed E-state index contributed by atoms with van der Waals surface area (Å²) in [6, 6.07) is 1.52. The van der Waals surface area contributed by atoms with Gasteiger partial charge in [-0.25, -0.2) is 9.78 Å². The predicted molar refractivity (Wildman–Crippen MR) is 117 cm³/mol. The number of aromatic amines is 1. The van der Waals surface area contributed by atoms with E-state index in [4.69, 9.17) is 0 Å². The van der Waals surface area contributed by atoms with E-state index in [0.29, 0.717) is 30.2 Å². The summed E-state index contributed by atoms with van der Waals surface area (Å²) in [6.07, 6.45) is 4.30. The zero-order chi connectivity index (χ0) is 21.7. The van der Waals surface area contributed by atoms with Crippen LogP contribution in [0.2, 0.25) is 0 Å². The molecule has 1 fully saturated rings. The SMILES string of the molecule is CCCn1c(=O)[nH]c(=O)c2cc(C(=O)NCC3CCN(CCN(C)C)CC3)cnc21. The van der Waals surface area contributed by atoms with E-state index in [0.717, 1.165) is 45.4 Å². The van der Waals surface area contributed by atoms with E-state index < -0.39 is 11.2 Å². The number of hydrogen-bond acceptors (Lipinski definition) is 6. The van der Waals surface area contributed by atoms with Gasteiger partial charge >= 0.3 is 5.69 Å². The Bertz CT molecular complexity index is 988. The molecule has 3 heterocycles. The molecular formula is C21H32N6O3. The van der Waals surface area contributed by atoms with Crippen LogP contribution in [0.25, 0.3) is 11.0 Å². The molecular weight excluding hydrogens is 384 g/mol. The number of likely N-dealkylation sites (tertiary alicyclic amines) is 1. The highest BCUT2D eigenvalue weighted by Crippen LogP contribution is 2.16. The van der Waals surface area contributed by atoms with Gasteiger partial charge in [0.1, 0.15) is 5.65 Å². The number of amides is 1. The third kappa shape index (κ3) is 5.34. The van der Waals surface area contributed by atoms with E-state index in [-0.39, 0.29) is 11.3 Å². The van der Waals surface area contributed by atoms with Crippen molar-refractivity contribution < 1.29 is 4.79 Å². The molecule has 1 aliphatic heterocycles. The number of rotatable bonds is 8. The van der Waals surface area contributed by atoms with Crippen molar-refractivity contribution in [3.05, 3.63) is 38.7 Å². The molecule has 0 aliphatic carbocycles. The van der Waals surface area contributed by atoms with Crippen LogP contribution in [0, 0.1) is 5.92 Å². The van der Waals surface area contributed by atoms with Crippen LogP contribution in [0.3, 0.4) is 0 Å². The lowest BCUT2D eigenvalue weighted by atomic mass is 9.96. The molecule has 0 saturated carbocycles. The number of aromatic nitrogens is 3. The summed E-state index contributed by atoms with van der Waals surface area (Å²) in [5, 5.41) is 3.24. The van der Waals surface area contributed by atoms with Gasteiger partial charge in [0.15, 0.2) is 0 Å². The Morgan fingerprint density at radius 1 is 1.27 bits per heavy atom. The van der Waals surface area contributed by atoms with Crippen LogP contribution in [-0.4, -0.2) is 77.1 Å². The number of likely N-dealkylation sites (N-methyl/N-ethyl adjacent to an activating group) is 1. The number of aryl methyl sites for hydroxylation is 1. The molecule has 2 N–H and O–H groups in total. The fraction of sp³-hybridized carbons (Fsp3) is 0.619. The summed E-state index contributed by atoms with van der Waals surface area (Å²) in [5.74, 6) is 0.211. The number of piperidine rings is 1. The second-order valence-electron chi connectivity index (χ2n) is 8.30. The summed E-state index contributed by atoms with van der Waals surface area (Å²) >= 11 is 0. The summed E-state index contributed by atoms with van der Waals surface area (Å²) < 4.78 is 1.43. The number of fused-ring (bicyclic) bond motifs is 1. The zero-order valence-corrected chi connectivity index (χ0v) is 18.1. The minimum Gasteiger partial charge on any atom is -0.352 e. The van der Waals surface area contributed by atoms with Gasteiger partial charge in [-0.05, 0) is 58.4 Å². The van der Waals surface area contributed by atoms with Gasteiger partial charge in [-0.15, -0.1) is 0 Å². The van der Waals surface area contributed by atoms with Crippen LogP contribution < -0.4 is 16.6 Å². The van der Waals surface area contributed by atoms with Gasteiger partial charge < -0.3 is 15.1 Å². The molecule has 1 amide bonds. The highest BCUT2D eigenvalue weighted by Gasteiger charge is 2.20. The highest BCUT2D eigenvalue weighted by molar-refractivity contribution is 5.96. The molecule has 0 unspecified atom stereocenters. The van der Waals surface area contributed by atoms with Crippen molar-refractivity contribution in [3.8, 4) is 0 Å². The molecule has 0 atom stereocenters. The third-order valence-corrected chi connectivity index (χ3v) is 5.66. The maximum absolute atomic E-state index is 12.6. The Balaban J connectivity index is 1.61. The lowest BCUT2D eigenvalue weighted by molar-refractivity contribution is 0.0935. The Kier molecular flexibility index (Phi) is 7.38. The van der Waals surface area contributed by atoms with Gasteiger partial charge in [0, 0.05) is 32.4 Å². The molecule has 30 heavy (non-hydrogen) atoms. The van der Waals surface area contributed by atoms with E-state index in [2.05, 4.69) is 39.2 Å². The Labute approximate surface area is 176 Å². The standard InChI is InChI=1S/C21H32N6O3/c1-4-7-27-18-17(20(29)24-21(27)30)12-16(14-22-18)19(28)23-13-15-5-8-26(9-6-15)11-10-25(2)3/h12,14-15H,4-11,13H2,1-3H3,(H,23,28)(H,24,29,30). The number of nitrogens with zero attached hydrogens (tertiary/aromatic N) is 4. The maximum Gasteiger partial charge on any atom is 0.329 e. The number of carbonyl (C=O) groups is 1. The van der Waals surface area contributed by atoms with Crippen molar-refractivity contribution >= 4 is 16.9 Å². The molecule has 0 aromatic carbocycles. The van der Waals surface area contributed by atoms with E-state index in [1.807, 2.05) is 6.92 Å². The first kappa shape index (κ1) is 22.2. The summed E-state index contributed by atoms with van der Waals surface area (Å²) in [7, 11) is 4.17. The van der Waals surface area contributed by atoms with Crippen molar-refractivity contribution in [2.45, 2.75) is 32.7 Å². The van der Waals surface area contributed by atoms with Crippen molar-refractivity contribution in [2.75, 3.05) is 46.8 Å². The number of hydrogen-bond donors (Lipinski definition) is 2. The first-order valence-electron chi connectivity index (χ1n) is 10.7. The average molecular weight is 417 g/mol. The third-order valence-electron chi connectivity index (χ3n) is 5.66. The maximum atomic E-state index is 12.6. The van der Waals surface area contributed by atoms with Gasteiger partial charge in [-0.2, -0.15) is 0 Å². The van der Waals surface area contributed by atoms with E-state index in [1.54, 1.807) is 0 Å². The minimum absolute atomic E-state index is 0.243. The smallest absolute Gasteiger partial charge is 0.329 e. The first-order valence-corrected chi connectivity index (χ1v) is 10.7. The molecule has 0 radical (unpaired) electrons. The van der Waals surface area contributed by atoms with Gasteiger partial charge in [0.2, 0.25) is 0 Å². The van der Waals surface area contributed by atoms with Gasteiger partial charge in [-0.1, -0.05) is 6.92 Å². The largest absolute Gasteiger partial charge is 0.352 e. The number of nitrogens with one attached hydrogen (secondary N) is 2. The molecule has 9 nitrogen and oxygen atoms in total. The van der Waals surface area contributed by atoms with Crippen LogP contribution in [0.4, 0.5) is 0 Å². The van der Waals surface area contributed by atoms with Crippen molar-refractivity contribution in [1.82, 2.24) is 29.7 Å². The fourth-order valence-corrected chi connectivity index (χ4v) is 3.82. The molecule has 0 spiro atoms. The summed E-state index contributed by atoms with van der Waals surface area (Å²) in [6.45, 7) is 7.25. The van der Waals surface area contributed by atoms with E-state index >= 15 is 0 Å². The molecule has 2 aromatic heterocycles. The normalized spacial score (nSPS) is 15.7. The lowest BCUT2D eigenvalue weighted by Crippen LogP contribution is -2.41. The Morgan fingerprint density at radius 2 is 2.00 bits per heavy atom. The first-order chi connectivity index (χ1) is 14.4. The minimum atomic E-state index is -0.519. The molecule has 2 aromatic rings. The number of carbonyl (C=O) groups excluding carboxylic acids is 1. The lowest BCUT2D eigenvalue weighted by Gasteiger charge is -2.32. The fourth-order valence-electron chi connectivity index (χ4n) is 3.82. The van der Waals surface area contributed by atoms with Crippen LogP contribution >= 0.6 is 0 Å². The molecule has 1 saturated heterocycles. The second-order valence-corrected chi connectivity index (χ2v) is 8.30. The Hall–Kier alpha value is -2.52. The molecule has 3 rings (SSSR count). The molecule has 1 aliphatic rings. The van der Waals surface area contributed by atoms with Crippen LogP contribution in [0.5, 0.6) is 0 Å². The number of H-pyrrole nitrogens is 1. The second kappa shape index (κ2) is 9.99.